The Balaban J connectivity index is 2.70. The van der Waals surface area contributed by atoms with Crippen LogP contribution in [0.1, 0.15) is 50.8 Å². The summed E-state index contributed by atoms with van der Waals surface area (Å²) in [5.41, 5.74) is 1.88. The van der Waals surface area contributed by atoms with E-state index in [0.29, 0.717) is 0 Å². The van der Waals surface area contributed by atoms with E-state index < -0.39 is 6.10 Å². The standard InChI is InChI=1S/C14H21FO/c1-10-9-11(15)5-6-12(10)13(16)7-8-14(2,3)4/h5-6,9,13,16H,7-8H2,1-4H3. The highest BCUT2D eigenvalue weighted by Crippen LogP contribution is 2.28. The van der Waals surface area contributed by atoms with Crippen molar-refractivity contribution in [1.29, 1.82) is 0 Å². The highest BCUT2D eigenvalue weighted by Gasteiger charge is 2.16. The molecule has 0 saturated carbocycles. The minimum Gasteiger partial charge on any atom is -0.388 e. The second-order valence-corrected chi connectivity index (χ2v) is 5.62. The third-order valence-corrected chi connectivity index (χ3v) is 2.76. The predicted molar refractivity (Wildman–Crippen MR) is 64.8 cm³/mol. The molecule has 1 N–H and O–H groups in total. The van der Waals surface area contributed by atoms with Crippen molar-refractivity contribution in [2.45, 2.75) is 46.6 Å². The summed E-state index contributed by atoms with van der Waals surface area (Å²) in [4.78, 5) is 0. The van der Waals surface area contributed by atoms with Gasteiger partial charge < -0.3 is 5.11 Å². The lowest BCUT2D eigenvalue weighted by Gasteiger charge is -2.21. The van der Waals surface area contributed by atoms with Gasteiger partial charge in [-0.2, -0.15) is 0 Å². The van der Waals surface area contributed by atoms with Crippen molar-refractivity contribution >= 4 is 0 Å². The number of aryl methyl sites for hydroxylation is 1. The van der Waals surface area contributed by atoms with Gasteiger partial charge in [-0.15, -0.1) is 0 Å². The average molecular weight is 224 g/mol. The predicted octanol–water partition coefficient (Wildman–Crippen LogP) is 3.99. The van der Waals surface area contributed by atoms with E-state index >= 15 is 0 Å². The average Bonchev–Trinajstić information content (AvgIpc) is 2.13. The molecule has 1 rings (SSSR count). The molecule has 16 heavy (non-hydrogen) atoms. The summed E-state index contributed by atoms with van der Waals surface area (Å²) in [6.45, 7) is 8.28. The maximum atomic E-state index is 12.9. The number of aliphatic hydroxyl groups excluding tert-OH is 1. The summed E-state index contributed by atoms with van der Waals surface area (Å²) in [5.74, 6) is -0.246. The smallest absolute Gasteiger partial charge is 0.123 e. The largest absolute Gasteiger partial charge is 0.388 e. The lowest BCUT2D eigenvalue weighted by Crippen LogP contribution is -2.09. The van der Waals surface area contributed by atoms with Gasteiger partial charge in [0.05, 0.1) is 6.10 Å². The van der Waals surface area contributed by atoms with E-state index in [1.807, 2.05) is 6.92 Å². The number of benzene rings is 1. The second-order valence-electron chi connectivity index (χ2n) is 5.62. The van der Waals surface area contributed by atoms with Gasteiger partial charge in [0.15, 0.2) is 0 Å². The van der Waals surface area contributed by atoms with Gasteiger partial charge in [-0.05, 0) is 48.4 Å². The number of hydrogen-bond donors (Lipinski definition) is 1. The van der Waals surface area contributed by atoms with Crippen LogP contribution in [-0.2, 0) is 0 Å². The van der Waals surface area contributed by atoms with E-state index in [1.165, 1.54) is 12.1 Å². The SMILES string of the molecule is Cc1cc(F)ccc1C(O)CCC(C)(C)C. The van der Waals surface area contributed by atoms with Gasteiger partial charge in [-0.3, -0.25) is 0 Å². The third-order valence-electron chi connectivity index (χ3n) is 2.76. The zero-order chi connectivity index (χ0) is 12.3. The molecule has 0 aliphatic carbocycles. The molecule has 0 fully saturated rings. The van der Waals surface area contributed by atoms with Crippen LogP contribution in [-0.4, -0.2) is 5.11 Å². The van der Waals surface area contributed by atoms with Crippen molar-refractivity contribution in [3.8, 4) is 0 Å². The van der Waals surface area contributed by atoms with Crippen molar-refractivity contribution in [3.05, 3.63) is 35.1 Å². The molecule has 0 spiro atoms. The molecular formula is C14H21FO. The van der Waals surface area contributed by atoms with Crippen LogP contribution in [0.4, 0.5) is 4.39 Å². The van der Waals surface area contributed by atoms with Crippen molar-refractivity contribution in [3.63, 3.8) is 0 Å². The van der Waals surface area contributed by atoms with Crippen molar-refractivity contribution in [2.24, 2.45) is 5.41 Å². The quantitative estimate of drug-likeness (QED) is 0.823. The molecular weight excluding hydrogens is 203 g/mol. The zero-order valence-corrected chi connectivity index (χ0v) is 10.5. The molecule has 0 aliphatic rings. The molecule has 0 amide bonds. The van der Waals surface area contributed by atoms with Crippen LogP contribution in [0.15, 0.2) is 18.2 Å². The minimum absolute atomic E-state index is 0.217. The summed E-state index contributed by atoms with van der Waals surface area (Å²) < 4.78 is 12.9. The highest BCUT2D eigenvalue weighted by molar-refractivity contribution is 5.28. The van der Waals surface area contributed by atoms with Crippen molar-refractivity contribution < 1.29 is 9.50 Å². The van der Waals surface area contributed by atoms with Crippen LogP contribution >= 0.6 is 0 Å². The summed E-state index contributed by atoms with van der Waals surface area (Å²) in [7, 11) is 0. The van der Waals surface area contributed by atoms with E-state index in [9.17, 15) is 9.50 Å². The lowest BCUT2D eigenvalue weighted by molar-refractivity contribution is 0.147. The Morgan fingerprint density at radius 3 is 2.44 bits per heavy atom. The Morgan fingerprint density at radius 2 is 1.94 bits per heavy atom. The van der Waals surface area contributed by atoms with Crippen LogP contribution in [0, 0.1) is 18.2 Å². The fourth-order valence-corrected chi connectivity index (χ4v) is 1.74. The first-order chi connectivity index (χ1) is 7.29. The molecule has 0 aromatic heterocycles. The van der Waals surface area contributed by atoms with Gasteiger partial charge in [0.1, 0.15) is 5.82 Å². The van der Waals surface area contributed by atoms with Crippen molar-refractivity contribution in [2.75, 3.05) is 0 Å². The number of aliphatic hydroxyl groups is 1. The van der Waals surface area contributed by atoms with Gasteiger partial charge in [0, 0.05) is 0 Å². The zero-order valence-electron chi connectivity index (χ0n) is 10.5. The fraction of sp³-hybridized carbons (Fsp3) is 0.571. The summed E-state index contributed by atoms with van der Waals surface area (Å²) in [5, 5.41) is 10.0. The van der Waals surface area contributed by atoms with E-state index in [4.69, 9.17) is 0 Å². The van der Waals surface area contributed by atoms with Crippen LogP contribution in [0.3, 0.4) is 0 Å². The molecule has 1 aromatic carbocycles. The summed E-state index contributed by atoms with van der Waals surface area (Å²) in [6.07, 6.45) is 1.18. The number of hydrogen-bond acceptors (Lipinski definition) is 1. The maximum absolute atomic E-state index is 12.9. The van der Waals surface area contributed by atoms with E-state index in [0.717, 1.165) is 24.0 Å². The summed E-state index contributed by atoms with van der Waals surface area (Å²) in [6, 6.07) is 4.55. The Morgan fingerprint density at radius 1 is 1.31 bits per heavy atom. The Kier molecular flexibility index (Phi) is 4.09. The van der Waals surface area contributed by atoms with E-state index in [1.54, 1.807) is 6.07 Å². The molecule has 1 aromatic rings. The molecule has 0 radical (unpaired) electrons. The number of halogens is 1. The lowest BCUT2D eigenvalue weighted by atomic mass is 9.87. The molecule has 0 bridgehead atoms. The molecule has 0 aliphatic heterocycles. The van der Waals surface area contributed by atoms with E-state index in [-0.39, 0.29) is 11.2 Å². The van der Waals surface area contributed by atoms with E-state index in [2.05, 4.69) is 20.8 Å². The molecule has 0 heterocycles. The topological polar surface area (TPSA) is 20.2 Å². The monoisotopic (exact) mass is 224 g/mol. The first kappa shape index (κ1) is 13.2. The van der Waals surface area contributed by atoms with Crippen LogP contribution in [0.25, 0.3) is 0 Å². The normalized spacial score (nSPS) is 13.9. The maximum Gasteiger partial charge on any atom is 0.123 e. The van der Waals surface area contributed by atoms with Gasteiger partial charge in [0.2, 0.25) is 0 Å². The van der Waals surface area contributed by atoms with Gasteiger partial charge >= 0.3 is 0 Å². The van der Waals surface area contributed by atoms with Gasteiger partial charge in [0.25, 0.3) is 0 Å². The van der Waals surface area contributed by atoms with Crippen LogP contribution in [0.2, 0.25) is 0 Å². The molecule has 0 saturated heterocycles. The first-order valence-corrected chi connectivity index (χ1v) is 5.74. The van der Waals surface area contributed by atoms with Gasteiger partial charge in [-0.1, -0.05) is 26.8 Å². The van der Waals surface area contributed by atoms with Crippen LogP contribution < -0.4 is 0 Å². The molecule has 2 heteroatoms. The van der Waals surface area contributed by atoms with Crippen molar-refractivity contribution in [1.82, 2.24) is 0 Å². The highest BCUT2D eigenvalue weighted by atomic mass is 19.1. The molecule has 90 valence electrons. The Hall–Kier alpha value is -0.890. The van der Waals surface area contributed by atoms with Crippen LogP contribution in [0.5, 0.6) is 0 Å². The molecule has 1 atom stereocenters. The minimum atomic E-state index is -0.486. The Labute approximate surface area is 97.3 Å². The number of rotatable bonds is 3. The first-order valence-electron chi connectivity index (χ1n) is 5.74. The fourth-order valence-electron chi connectivity index (χ4n) is 1.74. The summed E-state index contributed by atoms with van der Waals surface area (Å²) >= 11 is 0. The Bertz CT molecular complexity index is 352. The third kappa shape index (κ3) is 3.93. The molecule has 1 nitrogen and oxygen atoms in total. The second kappa shape index (κ2) is 4.96. The molecule has 1 unspecified atom stereocenters. The van der Waals surface area contributed by atoms with Gasteiger partial charge in [-0.25, -0.2) is 4.39 Å².